The van der Waals surface area contributed by atoms with Gasteiger partial charge in [0.1, 0.15) is 5.75 Å². The van der Waals surface area contributed by atoms with Crippen molar-refractivity contribution in [1.29, 1.82) is 0 Å². The van der Waals surface area contributed by atoms with Crippen LogP contribution >= 0.6 is 11.6 Å². The van der Waals surface area contributed by atoms with Gasteiger partial charge in [-0.1, -0.05) is 23.7 Å². The Kier molecular flexibility index (Phi) is 2.41. The lowest BCUT2D eigenvalue weighted by molar-refractivity contribution is -0.0388. The predicted octanol–water partition coefficient (Wildman–Crippen LogP) is 2.72. The lowest BCUT2D eigenvalue weighted by atomic mass is 9.75. The van der Waals surface area contributed by atoms with Crippen LogP contribution in [0.15, 0.2) is 18.2 Å². The highest BCUT2D eigenvalue weighted by Gasteiger charge is 2.38. The fourth-order valence-corrected chi connectivity index (χ4v) is 2.19. The van der Waals surface area contributed by atoms with E-state index in [1.807, 2.05) is 12.1 Å². The first-order valence-corrected chi connectivity index (χ1v) is 5.10. The van der Waals surface area contributed by atoms with Crippen LogP contribution in [0.4, 0.5) is 0 Å². The molecule has 0 spiro atoms. The maximum Gasteiger partial charge on any atom is 0.137 e. The number of hydrogen-bond donors (Lipinski definition) is 1. The number of benzene rings is 1. The third-order valence-electron chi connectivity index (χ3n) is 2.87. The molecule has 1 aromatic rings. The van der Waals surface area contributed by atoms with Crippen LogP contribution in [0, 0.1) is 0 Å². The molecule has 0 saturated heterocycles. The van der Waals surface area contributed by atoms with Crippen LogP contribution < -0.4 is 4.74 Å². The van der Waals surface area contributed by atoms with Gasteiger partial charge in [-0.25, -0.2) is 0 Å². The second kappa shape index (κ2) is 3.44. The summed E-state index contributed by atoms with van der Waals surface area (Å²) < 4.78 is 5.11. The molecule has 1 saturated carbocycles. The van der Waals surface area contributed by atoms with Crippen molar-refractivity contribution in [2.24, 2.45) is 0 Å². The van der Waals surface area contributed by atoms with Crippen LogP contribution in [-0.2, 0) is 5.60 Å². The van der Waals surface area contributed by atoms with Crippen LogP contribution in [0.5, 0.6) is 5.75 Å². The summed E-state index contributed by atoms with van der Waals surface area (Å²) in [7, 11) is 1.58. The maximum absolute atomic E-state index is 10.1. The van der Waals surface area contributed by atoms with Crippen LogP contribution in [0.2, 0.25) is 5.02 Å². The lowest BCUT2D eigenvalue weighted by Gasteiger charge is -2.37. The monoisotopic (exact) mass is 212 g/mol. The Morgan fingerprint density at radius 3 is 2.64 bits per heavy atom. The Balaban J connectivity index is 2.43. The fourth-order valence-electron chi connectivity index (χ4n) is 1.81. The van der Waals surface area contributed by atoms with E-state index in [9.17, 15) is 5.11 Å². The normalized spacial score (nSPS) is 18.8. The van der Waals surface area contributed by atoms with E-state index < -0.39 is 5.60 Å². The van der Waals surface area contributed by atoms with E-state index in [1.54, 1.807) is 13.2 Å². The topological polar surface area (TPSA) is 29.5 Å². The van der Waals surface area contributed by atoms with Crippen LogP contribution in [0.25, 0.3) is 0 Å². The summed E-state index contributed by atoms with van der Waals surface area (Å²) in [6.45, 7) is 0. The van der Waals surface area contributed by atoms with E-state index in [2.05, 4.69) is 0 Å². The van der Waals surface area contributed by atoms with E-state index >= 15 is 0 Å². The summed E-state index contributed by atoms with van der Waals surface area (Å²) >= 11 is 6.12. The minimum atomic E-state index is -0.717. The second-order valence-electron chi connectivity index (χ2n) is 3.71. The van der Waals surface area contributed by atoms with Gasteiger partial charge in [-0.3, -0.25) is 0 Å². The first kappa shape index (κ1) is 9.81. The zero-order valence-electron chi connectivity index (χ0n) is 8.09. The van der Waals surface area contributed by atoms with Gasteiger partial charge in [-0.2, -0.15) is 0 Å². The molecule has 3 heteroatoms. The predicted molar refractivity (Wildman–Crippen MR) is 55.8 cm³/mol. The van der Waals surface area contributed by atoms with Crippen molar-refractivity contribution in [3.63, 3.8) is 0 Å². The van der Waals surface area contributed by atoms with Crippen LogP contribution in [-0.4, -0.2) is 12.2 Å². The fraction of sp³-hybridized carbons (Fsp3) is 0.455. The molecular weight excluding hydrogens is 200 g/mol. The first-order chi connectivity index (χ1) is 6.67. The lowest BCUT2D eigenvalue weighted by Crippen LogP contribution is -2.33. The number of methoxy groups -OCH3 is 1. The molecule has 0 aliphatic heterocycles. The molecule has 14 heavy (non-hydrogen) atoms. The van der Waals surface area contributed by atoms with Gasteiger partial charge in [-0.15, -0.1) is 0 Å². The number of ether oxygens (including phenoxy) is 1. The van der Waals surface area contributed by atoms with E-state index in [0.29, 0.717) is 10.8 Å². The SMILES string of the molecule is COc1cccc(C2(O)CCC2)c1Cl. The van der Waals surface area contributed by atoms with Gasteiger partial charge >= 0.3 is 0 Å². The van der Waals surface area contributed by atoms with Crippen molar-refractivity contribution in [1.82, 2.24) is 0 Å². The molecule has 0 aromatic heterocycles. The average molecular weight is 213 g/mol. The third-order valence-corrected chi connectivity index (χ3v) is 3.26. The second-order valence-corrected chi connectivity index (χ2v) is 4.08. The molecule has 1 fully saturated rings. The average Bonchev–Trinajstić information content (AvgIpc) is 2.15. The molecule has 76 valence electrons. The van der Waals surface area contributed by atoms with Crippen molar-refractivity contribution in [3.05, 3.63) is 28.8 Å². The molecule has 0 radical (unpaired) electrons. The van der Waals surface area contributed by atoms with Crippen molar-refractivity contribution >= 4 is 11.6 Å². The summed E-state index contributed by atoms with van der Waals surface area (Å²) in [6, 6.07) is 5.52. The molecule has 1 N–H and O–H groups in total. The van der Waals surface area contributed by atoms with Gasteiger partial charge in [0.2, 0.25) is 0 Å². The largest absolute Gasteiger partial charge is 0.495 e. The molecule has 2 rings (SSSR count). The first-order valence-electron chi connectivity index (χ1n) is 4.73. The van der Waals surface area contributed by atoms with Gasteiger partial charge in [0.15, 0.2) is 0 Å². The highest BCUT2D eigenvalue weighted by atomic mass is 35.5. The standard InChI is InChI=1S/C11H13ClO2/c1-14-9-5-2-4-8(10(9)12)11(13)6-3-7-11/h2,4-5,13H,3,6-7H2,1H3. The maximum atomic E-state index is 10.1. The van der Waals surface area contributed by atoms with Crippen LogP contribution in [0.3, 0.4) is 0 Å². The summed E-state index contributed by atoms with van der Waals surface area (Å²) in [5.41, 5.74) is 0.0794. The molecule has 1 aliphatic rings. The van der Waals surface area contributed by atoms with E-state index in [0.717, 1.165) is 24.8 Å². The van der Waals surface area contributed by atoms with Crippen LogP contribution in [0.1, 0.15) is 24.8 Å². The molecule has 0 heterocycles. The van der Waals surface area contributed by atoms with E-state index in [1.165, 1.54) is 0 Å². The molecule has 0 amide bonds. The van der Waals surface area contributed by atoms with Crippen molar-refractivity contribution < 1.29 is 9.84 Å². The van der Waals surface area contributed by atoms with Gasteiger partial charge in [0.05, 0.1) is 17.7 Å². The Morgan fingerprint density at radius 1 is 1.43 bits per heavy atom. The highest BCUT2D eigenvalue weighted by Crippen LogP contribution is 2.45. The number of halogens is 1. The Labute approximate surface area is 88.5 Å². The highest BCUT2D eigenvalue weighted by molar-refractivity contribution is 6.33. The number of aliphatic hydroxyl groups is 1. The van der Waals surface area contributed by atoms with E-state index in [4.69, 9.17) is 16.3 Å². The van der Waals surface area contributed by atoms with Gasteiger partial charge in [0, 0.05) is 5.56 Å². The Bertz CT molecular complexity index is 345. The summed E-state index contributed by atoms with van der Waals surface area (Å²) in [6.07, 6.45) is 2.64. The Morgan fingerprint density at radius 2 is 2.14 bits per heavy atom. The summed E-state index contributed by atoms with van der Waals surface area (Å²) in [4.78, 5) is 0. The molecule has 2 nitrogen and oxygen atoms in total. The van der Waals surface area contributed by atoms with Gasteiger partial charge < -0.3 is 9.84 Å². The summed E-state index contributed by atoms with van der Waals surface area (Å²) in [5, 5.41) is 10.7. The Hall–Kier alpha value is -0.730. The van der Waals surface area contributed by atoms with Crippen molar-refractivity contribution in [3.8, 4) is 5.75 Å². The minimum absolute atomic E-state index is 0.539. The number of hydrogen-bond acceptors (Lipinski definition) is 2. The van der Waals surface area contributed by atoms with Crippen molar-refractivity contribution in [2.45, 2.75) is 24.9 Å². The van der Waals surface area contributed by atoms with Gasteiger partial charge in [-0.05, 0) is 25.3 Å². The molecule has 0 unspecified atom stereocenters. The third kappa shape index (κ3) is 1.39. The van der Waals surface area contributed by atoms with Crippen molar-refractivity contribution in [2.75, 3.05) is 7.11 Å². The molecule has 0 atom stereocenters. The zero-order valence-corrected chi connectivity index (χ0v) is 8.84. The quantitative estimate of drug-likeness (QED) is 0.817. The van der Waals surface area contributed by atoms with Gasteiger partial charge in [0.25, 0.3) is 0 Å². The molecular formula is C11H13ClO2. The molecule has 1 aliphatic carbocycles. The van der Waals surface area contributed by atoms with E-state index in [-0.39, 0.29) is 0 Å². The molecule has 1 aromatic carbocycles. The number of rotatable bonds is 2. The smallest absolute Gasteiger partial charge is 0.137 e. The molecule has 0 bridgehead atoms. The summed E-state index contributed by atoms with van der Waals surface area (Å²) in [5.74, 6) is 0.629. The minimum Gasteiger partial charge on any atom is -0.495 e. The zero-order chi connectivity index (χ0) is 10.2.